The molecule has 0 radical (unpaired) electrons. The fraction of sp³-hybridized carbons (Fsp3) is 1.00. The van der Waals surface area contributed by atoms with Crippen LogP contribution < -0.4 is 5.48 Å². The second kappa shape index (κ2) is 1.96. The Balaban J connectivity index is 2.07. The molecular formula is C7H13NO. The number of nitrogens with one attached hydrogen (secondary N) is 1. The molecule has 3 atom stereocenters. The van der Waals surface area contributed by atoms with Gasteiger partial charge in [0.2, 0.25) is 0 Å². The maximum absolute atomic E-state index is 5.34. The lowest BCUT2D eigenvalue weighted by Gasteiger charge is -2.10. The molecule has 9 heavy (non-hydrogen) atoms. The number of fused-ring (bicyclic) bond motifs is 1. The van der Waals surface area contributed by atoms with Gasteiger partial charge >= 0.3 is 0 Å². The van der Waals surface area contributed by atoms with E-state index >= 15 is 0 Å². The minimum Gasteiger partial charge on any atom is -0.298 e. The highest BCUT2D eigenvalue weighted by Crippen LogP contribution is 2.35. The number of hydrogen-bond donors (Lipinski definition) is 1. The van der Waals surface area contributed by atoms with Crippen LogP contribution in [0.2, 0.25) is 0 Å². The smallest absolute Gasteiger partial charge is 0.0856 e. The largest absolute Gasteiger partial charge is 0.298 e. The first-order valence-electron chi connectivity index (χ1n) is 3.76. The second-order valence-electron chi connectivity index (χ2n) is 3.25. The molecule has 2 nitrogen and oxygen atoms in total. The van der Waals surface area contributed by atoms with Gasteiger partial charge in [-0.2, -0.15) is 0 Å². The highest BCUT2D eigenvalue weighted by Gasteiger charge is 2.38. The predicted octanol–water partition coefficient (Wildman–Crippen LogP) is 0.936. The SMILES string of the molecule is C[C@@H]1CC[C@@H]2CNO[C@@H]21. The first-order chi connectivity index (χ1) is 4.38. The first kappa shape index (κ1) is 5.69. The molecule has 2 fully saturated rings. The van der Waals surface area contributed by atoms with Crippen molar-refractivity contribution < 1.29 is 4.84 Å². The molecule has 2 heteroatoms. The molecule has 0 amide bonds. The second-order valence-corrected chi connectivity index (χ2v) is 3.25. The lowest BCUT2D eigenvalue weighted by Crippen LogP contribution is -2.16. The van der Waals surface area contributed by atoms with Crippen LogP contribution in [0.25, 0.3) is 0 Å². The van der Waals surface area contributed by atoms with Gasteiger partial charge in [-0.1, -0.05) is 6.92 Å². The fourth-order valence-corrected chi connectivity index (χ4v) is 1.95. The van der Waals surface area contributed by atoms with Gasteiger partial charge in [-0.05, 0) is 18.8 Å². The van der Waals surface area contributed by atoms with E-state index < -0.39 is 0 Å². The van der Waals surface area contributed by atoms with Crippen LogP contribution in [-0.4, -0.2) is 12.6 Å². The van der Waals surface area contributed by atoms with Crippen LogP contribution in [0, 0.1) is 11.8 Å². The lowest BCUT2D eigenvalue weighted by atomic mass is 10.0. The monoisotopic (exact) mass is 127 g/mol. The molecule has 1 aliphatic heterocycles. The van der Waals surface area contributed by atoms with E-state index in [1.54, 1.807) is 0 Å². The summed E-state index contributed by atoms with van der Waals surface area (Å²) in [6.45, 7) is 3.35. The van der Waals surface area contributed by atoms with E-state index in [0.29, 0.717) is 6.10 Å². The van der Waals surface area contributed by atoms with Gasteiger partial charge in [0, 0.05) is 12.5 Å². The summed E-state index contributed by atoms with van der Waals surface area (Å²) in [5, 5.41) is 0. The molecule has 0 spiro atoms. The van der Waals surface area contributed by atoms with Crippen molar-refractivity contribution in [3.05, 3.63) is 0 Å². The van der Waals surface area contributed by atoms with Gasteiger partial charge in [0.1, 0.15) is 0 Å². The minimum absolute atomic E-state index is 0.532. The Kier molecular flexibility index (Phi) is 1.24. The lowest BCUT2D eigenvalue weighted by molar-refractivity contribution is 0.00696. The Hall–Kier alpha value is -0.0800. The normalized spacial score (nSPS) is 49.7. The molecule has 0 unspecified atom stereocenters. The van der Waals surface area contributed by atoms with Gasteiger partial charge in [-0.25, -0.2) is 5.48 Å². The standard InChI is InChI=1S/C7H13NO/c1-5-2-3-6-4-8-9-7(5)6/h5-8H,2-4H2,1H3/t5-,6-,7-/m1/s1. The van der Waals surface area contributed by atoms with Crippen LogP contribution in [0.4, 0.5) is 0 Å². The third kappa shape index (κ3) is 0.775. The molecule has 1 heterocycles. The zero-order chi connectivity index (χ0) is 6.27. The Bertz CT molecular complexity index is 115. The van der Waals surface area contributed by atoms with Crippen molar-refractivity contribution in [3.8, 4) is 0 Å². The molecule has 1 saturated heterocycles. The number of rotatable bonds is 0. The Morgan fingerprint density at radius 2 is 2.33 bits per heavy atom. The summed E-state index contributed by atoms with van der Waals surface area (Å²) in [6, 6.07) is 0. The number of hydroxylamine groups is 1. The summed E-state index contributed by atoms with van der Waals surface area (Å²) in [5.41, 5.74) is 2.95. The Morgan fingerprint density at radius 1 is 1.44 bits per heavy atom. The van der Waals surface area contributed by atoms with Gasteiger partial charge in [0.05, 0.1) is 6.10 Å². The maximum Gasteiger partial charge on any atom is 0.0856 e. The van der Waals surface area contributed by atoms with E-state index in [-0.39, 0.29) is 0 Å². The van der Waals surface area contributed by atoms with E-state index in [0.717, 1.165) is 18.4 Å². The molecule has 1 saturated carbocycles. The van der Waals surface area contributed by atoms with Crippen LogP contribution in [0.15, 0.2) is 0 Å². The van der Waals surface area contributed by atoms with E-state index in [4.69, 9.17) is 4.84 Å². The van der Waals surface area contributed by atoms with E-state index in [9.17, 15) is 0 Å². The molecule has 0 aromatic carbocycles. The quantitative estimate of drug-likeness (QED) is 0.523. The summed E-state index contributed by atoms with van der Waals surface area (Å²) in [6.07, 6.45) is 3.25. The topological polar surface area (TPSA) is 21.3 Å². The molecule has 0 aromatic heterocycles. The maximum atomic E-state index is 5.34. The summed E-state index contributed by atoms with van der Waals surface area (Å²) in [5.74, 6) is 1.60. The third-order valence-electron chi connectivity index (χ3n) is 2.58. The Morgan fingerprint density at radius 3 is 3.11 bits per heavy atom. The molecule has 52 valence electrons. The summed E-state index contributed by atoms with van der Waals surface area (Å²) in [4.78, 5) is 5.34. The molecular weight excluding hydrogens is 114 g/mol. The van der Waals surface area contributed by atoms with Crippen molar-refractivity contribution in [1.82, 2.24) is 5.48 Å². The third-order valence-corrected chi connectivity index (χ3v) is 2.58. The van der Waals surface area contributed by atoms with Gasteiger partial charge in [0.15, 0.2) is 0 Å². The molecule has 2 aliphatic rings. The van der Waals surface area contributed by atoms with Crippen LogP contribution in [0.3, 0.4) is 0 Å². The van der Waals surface area contributed by atoms with Crippen molar-refractivity contribution in [2.24, 2.45) is 11.8 Å². The summed E-state index contributed by atoms with van der Waals surface area (Å²) >= 11 is 0. The number of hydrogen-bond acceptors (Lipinski definition) is 2. The van der Waals surface area contributed by atoms with Gasteiger partial charge in [-0.3, -0.25) is 4.84 Å². The minimum atomic E-state index is 0.532. The van der Waals surface area contributed by atoms with E-state index in [1.165, 1.54) is 12.8 Å². The molecule has 2 rings (SSSR count). The highest BCUT2D eigenvalue weighted by molar-refractivity contribution is 4.86. The van der Waals surface area contributed by atoms with E-state index in [2.05, 4.69) is 12.4 Å². The van der Waals surface area contributed by atoms with Gasteiger partial charge < -0.3 is 0 Å². The van der Waals surface area contributed by atoms with Crippen LogP contribution in [0.1, 0.15) is 19.8 Å². The van der Waals surface area contributed by atoms with Gasteiger partial charge in [-0.15, -0.1) is 0 Å². The van der Waals surface area contributed by atoms with Gasteiger partial charge in [0.25, 0.3) is 0 Å². The van der Waals surface area contributed by atoms with Crippen molar-refractivity contribution in [2.75, 3.05) is 6.54 Å². The first-order valence-corrected chi connectivity index (χ1v) is 3.76. The van der Waals surface area contributed by atoms with Crippen molar-refractivity contribution in [3.63, 3.8) is 0 Å². The average Bonchev–Trinajstić information content (AvgIpc) is 2.35. The molecule has 0 bridgehead atoms. The molecule has 1 N–H and O–H groups in total. The zero-order valence-electron chi connectivity index (χ0n) is 5.76. The van der Waals surface area contributed by atoms with Crippen molar-refractivity contribution >= 4 is 0 Å². The Labute approximate surface area is 55.5 Å². The molecule has 1 aliphatic carbocycles. The van der Waals surface area contributed by atoms with Crippen LogP contribution in [0.5, 0.6) is 0 Å². The van der Waals surface area contributed by atoms with Crippen molar-refractivity contribution in [2.45, 2.75) is 25.9 Å². The summed E-state index contributed by atoms with van der Waals surface area (Å²) in [7, 11) is 0. The van der Waals surface area contributed by atoms with Crippen LogP contribution >= 0.6 is 0 Å². The van der Waals surface area contributed by atoms with E-state index in [1.807, 2.05) is 0 Å². The fourth-order valence-electron chi connectivity index (χ4n) is 1.95. The summed E-state index contributed by atoms with van der Waals surface area (Å²) < 4.78 is 0. The average molecular weight is 127 g/mol. The molecule has 0 aromatic rings. The van der Waals surface area contributed by atoms with Crippen LogP contribution in [-0.2, 0) is 4.84 Å². The highest BCUT2D eigenvalue weighted by atomic mass is 16.7. The predicted molar refractivity (Wildman–Crippen MR) is 34.8 cm³/mol. The van der Waals surface area contributed by atoms with Crippen molar-refractivity contribution in [1.29, 1.82) is 0 Å². The zero-order valence-corrected chi connectivity index (χ0v) is 5.76.